The molecule has 0 spiro atoms. The lowest BCUT2D eigenvalue weighted by molar-refractivity contribution is -0.122. The number of rotatable bonds is 2. The summed E-state index contributed by atoms with van der Waals surface area (Å²) in [5.74, 6) is -3.81. The van der Waals surface area contributed by atoms with E-state index in [9.17, 15) is 19.5 Å². The van der Waals surface area contributed by atoms with E-state index in [-0.39, 0.29) is 28.1 Å². The summed E-state index contributed by atoms with van der Waals surface area (Å²) in [5.41, 5.74) is 3.60. The van der Waals surface area contributed by atoms with Crippen LogP contribution in [0.25, 0.3) is 0 Å². The van der Waals surface area contributed by atoms with Gasteiger partial charge in [-0.2, -0.15) is 0 Å². The predicted octanol–water partition coefficient (Wildman–Crippen LogP) is 4.79. The maximum atomic E-state index is 13.8. The van der Waals surface area contributed by atoms with Gasteiger partial charge in [0.1, 0.15) is 4.87 Å². The summed E-state index contributed by atoms with van der Waals surface area (Å²) >= 11 is 13.4. The zero-order valence-electron chi connectivity index (χ0n) is 16.5. The number of carboxylic acids is 1. The van der Waals surface area contributed by atoms with Gasteiger partial charge in [0.05, 0.1) is 28.1 Å². The van der Waals surface area contributed by atoms with Gasteiger partial charge >= 0.3 is 5.97 Å². The first-order valence-corrected chi connectivity index (χ1v) is 10.9. The highest BCUT2D eigenvalue weighted by atomic mass is 35.5. The lowest BCUT2D eigenvalue weighted by Crippen LogP contribution is -2.50. The van der Waals surface area contributed by atoms with E-state index in [1.54, 1.807) is 0 Å². The molecule has 158 valence electrons. The van der Waals surface area contributed by atoms with E-state index in [4.69, 9.17) is 23.2 Å². The lowest BCUT2D eigenvalue weighted by Gasteiger charge is -2.50. The first-order valence-electron chi connectivity index (χ1n) is 10.1. The quantitative estimate of drug-likeness (QED) is 0.438. The Morgan fingerprint density at radius 3 is 2.09 bits per heavy atom. The van der Waals surface area contributed by atoms with Crippen LogP contribution in [0.5, 0.6) is 0 Å². The molecular formula is C25H15Cl2NO4. The van der Waals surface area contributed by atoms with Crippen molar-refractivity contribution >= 4 is 46.7 Å². The van der Waals surface area contributed by atoms with E-state index < -0.39 is 28.6 Å². The summed E-state index contributed by atoms with van der Waals surface area (Å²) in [6.45, 7) is 0. The van der Waals surface area contributed by atoms with Crippen molar-refractivity contribution in [3.8, 4) is 0 Å². The van der Waals surface area contributed by atoms with Crippen molar-refractivity contribution in [2.45, 2.75) is 10.8 Å². The molecule has 3 aromatic rings. The topological polar surface area (TPSA) is 74.7 Å². The molecule has 4 aliphatic rings. The largest absolute Gasteiger partial charge is 0.478 e. The molecule has 0 unspecified atom stereocenters. The predicted molar refractivity (Wildman–Crippen MR) is 119 cm³/mol. The van der Waals surface area contributed by atoms with Crippen molar-refractivity contribution in [2.75, 3.05) is 4.90 Å². The van der Waals surface area contributed by atoms with Crippen LogP contribution in [0.2, 0.25) is 5.02 Å². The van der Waals surface area contributed by atoms with Gasteiger partial charge in [-0.25, -0.2) is 9.69 Å². The summed E-state index contributed by atoms with van der Waals surface area (Å²) in [6.07, 6.45) is 0. The van der Waals surface area contributed by atoms with Gasteiger partial charge in [0.25, 0.3) is 0 Å². The molecule has 3 aliphatic carbocycles. The second-order valence-electron chi connectivity index (χ2n) is 8.35. The van der Waals surface area contributed by atoms with E-state index >= 15 is 0 Å². The zero-order chi connectivity index (χ0) is 22.4. The Morgan fingerprint density at radius 2 is 1.50 bits per heavy atom. The highest BCUT2D eigenvalue weighted by Crippen LogP contribution is 2.65. The van der Waals surface area contributed by atoms with Crippen LogP contribution >= 0.6 is 23.2 Å². The number of amides is 2. The first kappa shape index (κ1) is 19.5. The fraction of sp³-hybridized carbons (Fsp3) is 0.160. The van der Waals surface area contributed by atoms with E-state index in [1.165, 1.54) is 18.2 Å². The number of halogens is 2. The Hall–Kier alpha value is -3.15. The minimum Gasteiger partial charge on any atom is -0.478 e. The molecule has 1 fully saturated rings. The van der Waals surface area contributed by atoms with Crippen LogP contribution in [-0.4, -0.2) is 22.9 Å². The fourth-order valence-electron chi connectivity index (χ4n) is 5.75. The summed E-state index contributed by atoms with van der Waals surface area (Å²) < 4.78 is 0. The van der Waals surface area contributed by atoms with Crippen LogP contribution in [0, 0.1) is 11.8 Å². The number of aromatic carboxylic acids is 1. The number of carbonyl (C=O) groups is 3. The van der Waals surface area contributed by atoms with Crippen LogP contribution in [0.1, 0.15) is 38.5 Å². The highest BCUT2D eigenvalue weighted by molar-refractivity contribution is 6.35. The Kier molecular flexibility index (Phi) is 3.93. The molecule has 3 aromatic carbocycles. The van der Waals surface area contributed by atoms with Gasteiger partial charge in [0, 0.05) is 5.92 Å². The summed E-state index contributed by atoms with van der Waals surface area (Å²) in [6, 6.07) is 19.5. The molecule has 0 radical (unpaired) electrons. The van der Waals surface area contributed by atoms with Gasteiger partial charge in [-0.3, -0.25) is 9.59 Å². The van der Waals surface area contributed by atoms with Crippen molar-refractivity contribution in [1.29, 1.82) is 0 Å². The zero-order valence-corrected chi connectivity index (χ0v) is 18.0. The summed E-state index contributed by atoms with van der Waals surface area (Å²) in [4.78, 5) is 39.0. The molecule has 1 aliphatic heterocycles. The second-order valence-corrected chi connectivity index (χ2v) is 9.35. The maximum absolute atomic E-state index is 13.8. The normalized spacial score (nSPS) is 27.2. The van der Waals surface area contributed by atoms with Crippen LogP contribution in [-0.2, 0) is 14.5 Å². The Labute approximate surface area is 193 Å². The number of imide groups is 1. The fourth-order valence-corrected chi connectivity index (χ4v) is 6.52. The van der Waals surface area contributed by atoms with Gasteiger partial charge in [-0.1, -0.05) is 60.1 Å². The first-order chi connectivity index (χ1) is 15.4. The molecule has 2 atom stereocenters. The van der Waals surface area contributed by atoms with Crippen molar-refractivity contribution in [1.82, 2.24) is 0 Å². The van der Waals surface area contributed by atoms with E-state index in [0.717, 1.165) is 27.2 Å². The van der Waals surface area contributed by atoms with Crippen molar-refractivity contribution < 1.29 is 19.5 Å². The number of carboxylic acid groups (broad SMARTS) is 1. The smallest absolute Gasteiger partial charge is 0.337 e. The van der Waals surface area contributed by atoms with E-state index in [0.29, 0.717) is 0 Å². The molecule has 1 N–H and O–H groups in total. The van der Waals surface area contributed by atoms with Gasteiger partial charge in [-0.05, 0) is 40.5 Å². The van der Waals surface area contributed by atoms with Gasteiger partial charge in [-0.15, -0.1) is 11.6 Å². The van der Waals surface area contributed by atoms with Crippen LogP contribution in [0.3, 0.4) is 0 Å². The average Bonchev–Trinajstić information content (AvgIpc) is 3.06. The molecule has 0 saturated carbocycles. The monoisotopic (exact) mass is 463 g/mol. The highest BCUT2D eigenvalue weighted by Gasteiger charge is 2.68. The van der Waals surface area contributed by atoms with E-state index in [1.807, 2.05) is 48.5 Å². The third-order valence-electron chi connectivity index (χ3n) is 6.95. The second kappa shape index (κ2) is 6.44. The molecule has 0 aromatic heterocycles. The molecular weight excluding hydrogens is 449 g/mol. The molecule has 1 heterocycles. The number of hydrogen-bond acceptors (Lipinski definition) is 3. The number of carbonyl (C=O) groups excluding carboxylic acids is 2. The molecule has 2 amide bonds. The molecule has 5 nitrogen and oxygen atoms in total. The van der Waals surface area contributed by atoms with Crippen molar-refractivity contribution in [3.05, 3.63) is 99.6 Å². The van der Waals surface area contributed by atoms with Crippen LogP contribution < -0.4 is 4.90 Å². The van der Waals surface area contributed by atoms with Gasteiger partial charge < -0.3 is 5.11 Å². The molecule has 7 heteroatoms. The lowest BCUT2D eigenvalue weighted by atomic mass is 9.54. The Bertz CT molecular complexity index is 1320. The van der Waals surface area contributed by atoms with Crippen LogP contribution in [0.15, 0.2) is 66.7 Å². The number of benzene rings is 3. The molecule has 32 heavy (non-hydrogen) atoms. The standard InChI is InChI=1S/C25H15Cl2NO4/c26-18-10-9-12(11-15(18)24(31)32)28-22(29)20-19-13-5-1-3-7-16(13)25(27,21(20)23(28)30)17-8-4-2-6-14(17)19/h1-11,19-21H,(H,31,32)/t19?,20-,21-,25?/m1/s1. The minimum atomic E-state index is -1.23. The molecule has 2 bridgehead atoms. The van der Waals surface area contributed by atoms with Crippen molar-refractivity contribution in [3.63, 3.8) is 0 Å². The number of anilines is 1. The Balaban J connectivity index is 1.58. The third kappa shape index (κ3) is 2.22. The van der Waals surface area contributed by atoms with E-state index in [2.05, 4.69) is 0 Å². The number of alkyl halides is 1. The van der Waals surface area contributed by atoms with Gasteiger partial charge in [0.2, 0.25) is 11.8 Å². The number of nitrogens with zero attached hydrogens (tertiary/aromatic N) is 1. The van der Waals surface area contributed by atoms with Crippen LogP contribution in [0.4, 0.5) is 5.69 Å². The average molecular weight is 464 g/mol. The summed E-state index contributed by atoms with van der Waals surface area (Å²) in [7, 11) is 0. The Morgan fingerprint density at radius 1 is 0.906 bits per heavy atom. The van der Waals surface area contributed by atoms with Gasteiger partial charge in [0.15, 0.2) is 0 Å². The molecule has 7 rings (SSSR count). The maximum Gasteiger partial charge on any atom is 0.337 e. The third-order valence-corrected chi connectivity index (χ3v) is 7.92. The number of hydrogen-bond donors (Lipinski definition) is 1. The van der Waals surface area contributed by atoms with Crippen molar-refractivity contribution in [2.24, 2.45) is 11.8 Å². The summed E-state index contributed by atoms with van der Waals surface area (Å²) in [5, 5.41) is 9.48. The SMILES string of the molecule is O=C(O)c1cc(N2C(=O)[C@@H]3C4c5ccccc5C(Cl)(c5ccccc54)[C@H]3C2=O)ccc1Cl. The molecule has 1 saturated heterocycles. The minimum absolute atomic E-state index is 0.0338.